The third-order valence-electron chi connectivity index (χ3n) is 1.86. The van der Waals surface area contributed by atoms with Gasteiger partial charge in [0.1, 0.15) is 0 Å². The predicted octanol–water partition coefficient (Wildman–Crippen LogP) is -0.795. The Kier molecular flexibility index (Phi) is 3.92. The van der Waals surface area contributed by atoms with Gasteiger partial charge in [-0.05, 0) is 0 Å². The first-order chi connectivity index (χ1) is 7.00. The Labute approximate surface area is 87.9 Å². The average Bonchev–Trinajstić information content (AvgIpc) is 2.42. The van der Waals surface area contributed by atoms with Crippen molar-refractivity contribution < 1.29 is 27.3 Å². The second kappa shape index (κ2) is 4.99. The normalized spacial score (nSPS) is 18.1. The van der Waals surface area contributed by atoms with Gasteiger partial charge in [-0.1, -0.05) is 0 Å². The molecule has 0 aromatic heterocycles. The molecule has 84 valence electrons. The molecule has 1 heterocycles. The molecule has 0 bridgehead atoms. The Morgan fingerprint density at radius 2 is 1.93 bits per heavy atom. The Morgan fingerprint density at radius 3 is 2.40 bits per heavy atom. The van der Waals surface area contributed by atoms with Crippen molar-refractivity contribution in [1.82, 2.24) is 4.90 Å². The standard InChI is InChI=1S/C7H9NO6S/c9-5-1-2-6(10)8(5)4-3-7(11)14-15(12)13/h1-4H2,(H,12,13). The number of carbonyl (C=O) groups excluding carboxylic acids is 3. The first-order valence-corrected chi connectivity index (χ1v) is 5.19. The molecule has 1 saturated heterocycles. The van der Waals surface area contributed by atoms with Crippen LogP contribution in [0.2, 0.25) is 0 Å². The van der Waals surface area contributed by atoms with Crippen molar-refractivity contribution in [3.8, 4) is 0 Å². The first kappa shape index (κ1) is 11.8. The SMILES string of the molecule is O=C(CCN1C(=O)CCC1=O)OS(=O)O. The fourth-order valence-electron chi connectivity index (χ4n) is 1.20. The molecule has 0 radical (unpaired) electrons. The molecule has 1 atom stereocenters. The van der Waals surface area contributed by atoms with Gasteiger partial charge in [-0.15, -0.1) is 0 Å². The van der Waals surface area contributed by atoms with Gasteiger partial charge in [0.15, 0.2) is 0 Å². The molecule has 0 saturated carbocycles. The second-order valence-corrected chi connectivity index (χ2v) is 3.46. The Bertz CT molecular complexity index is 311. The van der Waals surface area contributed by atoms with Gasteiger partial charge >= 0.3 is 17.3 Å². The largest absolute Gasteiger partial charge is 0.360 e. The summed E-state index contributed by atoms with van der Waals surface area (Å²) < 4.78 is 22.2. The van der Waals surface area contributed by atoms with E-state index in [-0.39, 0.29) is 37.6 Å². The van der Waals surface area contributed by atoms with Crippen LogP contribution in [-0.4, -0.2) is 38.0 Å². The third kappa shape index (κ3) is 3.40. The molecule has 2 amide bonds. The van der Waals surface area contributed by atoms with Crippen LogP contribution in [0.15, 0.2) is 0 Å². The molecular formula is C7H9NO6S. The van der Waals surface area contributed by atoms with Crippen molar-refractivity contribution in [3.05, 3.63) is 0 Å². The molecule has 1 rings (SSSR count). The average molecular weight is 235 g/mol. The first-order valence-electron chi connectivity index (χ1n) is 4.16. The van der Waals surface area contributed by atoms with Crippen molar-refractivity contribution in [3.63, 3.8) is 0 Å². The maximum atomic E-state index is 11.1. The molecule has 0 aromatic rings. The summed E-state index contributed by atoms with van der Waals surface area (Å²) >= 11 is -2.65. The lowest BCUT2D eigenvalue weighted by molar-refractivity contribution is -0.139. The van der Waals surface area contributed by atoms with Crippen LogP contribution in [-0.2, 0) is 29.9 Å². The zero-order chi connectivity index (χ0) is 11.4. The van der Waals surface area contributed by atoms with E-state index in [4.69, 9.17) is 4.55 Å². The third-order valence-corrected chi connectivity index (χ3v) is 2.19. The fraction of sp³-hybridized carbons (Fsp3) is 0.571. The van der Waals surface area contributed by atoms with E-state index in [9.17, 15) is 18.6 Å². The fourth-order valence-corrected chi connectivity index (χ4v) is 1.44. The summed E-state index contributed by atoms with van der Waals surface area (Å²) in [5.74, 6) is -1.60. The number of imide groups is 1. The van der Waals surface area contributed by atoms with E-state index in [2.05, 4.69) is 4.18 Å². The van der Waals surface area contributed by atoms with Gasteiger partial charge in [0.25, 0.3) is 0 Å². The maximum absolute atomic E-state index is 11.1. The summed E-state index contributed by atoms with van der Waals surface area (Å²) in [6.07, 6.45) is 0.0312. The molecule has 0 spiro atoms. The van der Waals surface area contributed by atoms with E-state index in [0.717, 1.165) is 4.90 Å². The lowest BCUT2D eigenvalue weighted by Gasteiger charge is -2.11. The summed E-state index contributed by atoms with van der Waals surface area (Å²) in [6.45, 7) is -0.103. The van der Waals surface area contributed by atoms with Gasteiger partial charge in [0.2, 0.25) is 11.8 Å². The molecule has 1 fully saturated rings. The van der Waals surface area contributed by atoms with Gasteiger partial charge in [0.05, 0.1) is 6.42 Å². The van der Waals surface area contributed by atoms with E-state index in [0.29, 0.717) is 0 Å². The number of nitrogens with zero attached hydrogens (tertiary/aromatic N) is 1. The topological polar surface area (TPSA) is 101 Å². The number of amides is 2. The van der Waals surface area contributed by atoms with Crippen molar-refractivity contribution in [1.29, 1.82) is 0 Å². The highest BCUT2D eigenvalue weighted by Gasteiger charge is 2.29. The highest BCUT2D eigenvalue weighted by molar-refractivity contribution is 7.74. The highest BCUT2D eigenvalue weighted by Crippen LogP contribution is 2.11. The summed E-state index contributed by atoms with van der Waals surface area (Å²) in [6, 6.07) is 0. The molecule has 1 aliphatic rings. The van der Waals surface area contributed by atoms with Crippen LogP contribution in [0.25, 0.3) is 0 Å². The van der Waals surface area contributed by atoms with Crippen molar-refractivity contribution in [2.45, 2.75) is 19.3 Å². The van der Waals surface area contributed by atoms with Crippen molar-refractivity contribution >= 4 is 29.1 Å². The predicted molar refractivity (Wildman–Crippen MR) is 47.4 cm³/mol. The zero-order valence-corrected chi connectivity index (χ0v) is 8.49. The number of hydrogen-bond donors (Lipinski definition) is 1. The van der Waals surface area contributed by atoms with E-state index >= 15 is 0 Å². The lowest BCUT2D eigenvalue weighted by Crippen LogP contribution is -2.31. The van der Waals surface area contributed by atoms with Crippen LogP contribution in [0.3, 0.4) is 0 Å². The van der Waals surface area contributed by atoms with Gasteiger partial charge in [-0.2, -0.15) is 4.21 Å². The number of likely N-dealkylation sites (tertiary alicyclic amines) is 1. The monoisotopic (exact) mass is 235 g/mol. The van der Waals surface area contributed by atoms with Gasteiger partial charge in [-0.3, -0.25) is 23.8 Å². The molecular weight excluding hydrogens is 226 g/mol. The van der Waals surface area contributed by atoms with Gasteiger partial charge in [0, 0.05) is 19.4 Å². The summed E-state index contributed by atoms with van der Waals surface area (Å²) in [5.41, 5.74) is 0. The molecule has 0 aliphatic carbocycles. The minimum absolute atomic E-state index is 0.103. The second-order valence-electron chi connectivity index (χ2n) is 2.86. The molecule has 8 heteroatoms. The summed E-state index contributed by atoms with van der Waals surface area (Å²) in [4.78, 5) is 33.9. The molecule has 1 N–H and O–H groups in total. The van der Waals surface area contributed by atoms with Crippen LogP contribution >= 0.6 is 0 Å². The molecule has 1 unspecified atom stereocenters. The maximum Gasteiger partial charge on any atom is 0.360 e. The summed E-state index contributed by atoms with van der Waals surface area (Å²) in [5, 5.41) is 0. The zero-order valence-electron chi connectivity index (χ0n) is 7.67. The van der Waals surface area contributed by atoms with Gasteiger partial charge < -0.3 is 4.18 Å². The molecule has 0 aromatic carbocycles. The number of carbonyl (C=O) groups is 3. The molecule has 1 aliphatic heterocycles. The highest BCUT2D eigenvalue weighted by atomic mass is 32.2. The van der Waals surface area contributed by atoms with Gasteiger partial charge in [-0.25, -0.2) is 0 Å². The molecule has 7 nitrogen and oxygen atoms in total. The number of rotatable bonds is 4. The Morgan fingerprint density at radius 1 is 1.40 bits per heavy atom. The van der Waals surface area contributed by atoms with Crippen LogP contribution in [0.4, 0.5) is 0 Å². The van der Waals surface area contributed by atoms with E-state index in [1.807, 2.05) is 0 Å². The van der Waals surface area contributed by atoms with E-state index < -0.39 is 17.3 Å². The minimum atomic E-state index is -2.65. The lowest BCUT2D eigenvalue weighted by atomic mass is 10.4. The Balaban J connectivity index is 2.36. The number of hydrogen-bond acceptors (Lipinski definition) is 5. The van der Waals surface area contributed by atoms with Crippen LogP contribution in [0.5, 0.6) is 0 Å². The van der Waals surface area contributed by atoms with Crippen LogP contribution in [0, 0.1) is 0 Å². The summed E-state index contributed by atoms with van der Waals surface area (Å²) in [7, 11) is 0. The van der Waals surface area contributed by atoms with Crippen LogP contribution < -0.4 is 0 Å². The molecule has 15 heavy (non-hydrogen) atoms. The van der Waals surface area contributed by atoms with Crippen molar-refractivity contribution in [2.24, 2.45) is 0 Å². The van der Waals surface area contributed by atoms with E-state index in [1.165, 1.54) is 0 Å². The minimum Gasteiger partial charge on any atom is -0.343 e. The Hall–Kier alpha value is -1.28. The van der Waals surface area contributed by atoms with Crippen molar-refractivity contribution in [2.75, 3.05) is 6.54 Å². The quantitative estimate of drug-likeness (QED) is 0.506. The van der Waals surface area contributed by atoms with E-state index in [1.54, 1.807) is 0 Å². The van der Waals surface area contributed by atoms with Crippen LogP contribution in [0.1, 0.15) is 19.3 Å². The smallest absolute Gasteiger partial charge is 0.343 e.